The number of nitrogens with one attached hydrogen (secondary N) is 1. The number of fused-ring (bicyclic) bond motifs is 1. The van der Waals surface area contributed by atoms with Gasteiger partial charge < -0.3 is 4.98 Å². The van der Waals surface area contributed by atoms with E-state index < -0.39 is 0 Å². The molecule has 0 radical (unpaired) electrons. The maximum Gasteiger partial charge on any atom is 0.255 e. The molecule has 1 aromatic heterocycles. The number of hydrogen-bond acceptors (Lipinski definition) is 3. The molecule has 2 aromatic carbocycles. The topological polar surface area (TPSA) is 49.0 Å². The lowest BCUT2D eigenvalue weighted by molar-refractivity contribution is 0.238. The minimum atomic E-state index is -0.209. The molecule has 2 heterocycles. The van der Waals surface area contributed by atoms with Crippen molar-refractivity contribution in [2.24, 2.45) is 0 Å². The van der Waals surface area contributed by atoms with E-state index in [1.54, 1.807) is 12.1 Å². The van der Waals surface area contributed by atoms with Crippen molar-refractivity contribution in [3.05, 3.63) is 87.6 Å². The van der Waals surface area contributed by atoms with Gasteiger partial charge >= 0.3 is 0 Å². The van der Waals surface area contributed by atoms with Crippen LogP contribution in [0.15, 0.2) is 59.4 Å². The summed E-state index contributed by atoms with van der Waals surface area (Å²) in [5.74, 6) is 0.395. The van der Waals surface area contributed by atoms with E-state index in [2.05, 4.69) is 14.9 Å². The van der Waals surface area contributed by atoms with Gasteiger partial charge in [0.1, 0.15) is 11.6 Å². The minimum absolute atomic E-state index is 0.109. The van der Waals surface area contributed by atoms with Crippen molar-refractivity contribution in [3.8, 4) is 11.4 Å². The zero-order valence-electron chi connectivity index (χ0n) is 13.7. The van der Waals surface area contributed by atoms with Crippen LogP contribution < -0.4 is 5.56 Å². The molecular weight excluding hydrogens is 317 g/mol. The first kappa shape index (κ1) is 15.7. The molecule has 1 aliphatic rings. The fraction of sp³-hybridized carbons (Fsp3) is 0.200. The summed E-state index contributed by atoms with van der Waals surface area (Å²) in [5.41, 5.74) is 2.96. The summed E-state index contributed by atoms with van der Waals surface area (Å²) < 4.78 is 13.9. The zero-order chi connectivity index (χ0) is 17.2. The van der Waals surface area contributed by atoms with Crippen LogP contribution in [0, 0.1) is 5.82 Å². The lowest BCUT2D eigenvalue weighted by Crippen LogP contribution is -2.35. The molecule has 0 saturated carbocycles. The summed E-state index contributed by atoms with van der Waals surface area (Å²) in [6.07, 6.45) is 0.688. The van der Waals surface area contributed by atoms with E-state index in [1.165, 1.54) is 6.07 Å². The van der Waals surface area contributed by atoms with Gasteiger partial charge in [0.05, 0.1) is 11.3 Å². The standard InChI is InChI=1S/C20H18FN3O/c21-17-9-5-4-8-15(17)12-24-11-10-18-16(13-24)20(25)23-19(22-18)14-6-2-1-3-7-14/h1-9H,10-13H2,(H,22,23,25). The molecule has 1 N–H and O–H groups in total. The summed E-state index contributed by atoms with van der Waals surface area (Å²) in [6, 6.07) is 16.4. The Morgan fingerprint density at radius 3 is 2.64 bits per heavy atom. The third kappa shape index (κ3) is 3.23. The van der Waals surface area contributed by atoms with Crippen LogP contribution in [0.3, 0.4) is 0 Å². The molecule has 0 bridgehead atoms. The molecule has 4 rings (SSSR count). The van der Waals surface area contributed by atoms with Crippen LogP contribution in [-0.2, 0) is 19.5 Å². The molecule has 0 fully saturated rings. The highest BCUT2D eigenvalue weighted by molar-refractivity contribution is 5.54. The van der Waals surface area contributed by atoms with Crippen molar-refractivity contribution >= 4 is 0 Å². The monoisotopic (exact) mass is 335 g/mol. The molecule has 126 valence electrons. The number of nitrogens with zero attached hydrogens (tertiary/aromatic N) is 2. The van der Waals surface area contributed by atoms with E-state index in [1.807, 2.05) is 36.4 Å². The number of halogens is 1. The molecule has 0 spiro atoms. The number of benzene rings is 2. The summed E-state index contributed by atoms with van der Waals surface area (Å²) in [7, 11) is 0. The quantitative estimate of drug-likeness (QED) is 0.800. The summed E-state index contributed by atoms with van der Waals surface area (Å²) >= 11 is 0. The number of aromatic nitrogens is 2. The maximum absolute atomic E-state index is 13.9. The fourth-order valence-corrected chi connectivity index (χ4v) is 3.22. The molecule has 0 aliphatic carbocycles. The second kappa shape index (κ2) is 6.61. The predicted molar refractivity (Wildman–Crippen MR) is 94.5 cm³/mol. The molecule has 25 heavy (non-hydrogen) atoms. The number of aromatic amines is 1. The van der Waals surface area contributed by atoms with E-state index in [0.29, 0.717) is 36.5 Å². The molecule has 0 saturated heterocycles. The highest BCUT2D eigenvalue weighted by Gasteiger charge is 2.22. The molecule has 0 atom stereocenters. The smallest absolute Gasteiger partial charge is 0.255 e. The molecule has 3 aromatic rings. The normalized spacial score (nSPS) is 14.3. The predicted octanol–water partition coefficient (Wildman–Crippen LogP) is 3.13. The van der Waals surface area contributed by atoms with Crippen LogP contribution in [0.4, 0.5) is 4.39 Å². The first-order valence-corrected chi connectivity index (χ1v) is 8.34. The van der Waals surface area contributed by atoms with Gasteiger partial charge in [-0.25, -0.2) is 9.37 Å². The van der Waals surface area contributed by atoms with Crippen LogP contribution in [0.25, 0.3) is 11.4 Å². The van der Waals surface area contributed by atoms with Crippen molar-refractivity contribution in [2.45, 2.75) is 19.5 Å². The van der Waals surface area contributed by atoms with Crippen LogP contribution in [-0.4, -0.2) is 21.4 Å². The van der Waals surface area contributed by atoms with Crippen molar-refractivity contribution < 1.29 is 4.39 Å². The largest absolute Gasteiger partial charge is 0.306 e. The Labute approximate surface area is 145 Å². The van der Waals surface area contributed by atoms with Crippen LogP contribution in [0.1, 0.15) is 16.8 Å². The fourth-order valence-electron chi connectivity index (χ4n) is 3.22. The molecule has 0 amide bonds. The van der Waals surface area contributed by atoms with Crippen LogP contribution >= 0.6 is 0 Å². The average molecular weight is 335 g/mol. The minimum Gasteiger partial charge on any atom is -0.306 e. The summed E-state index contributed by atoms with van der Waals surface area (Å²) in [5, 5.41) is 0. The average Bonchev–Trinajstić information content (AvgIpc) is 2.65. The van der Waals surface area contributed by atoms with E-state index in [9.17, 15) is 9.18 Å². The van der Waals surface area contributed by atoms with Crippen molar-refractivity contribution in [1.29, 1.82) is 0 Å². The third-order valence-electron chi connectivity index (χ3n) is 4.55. The van der Waals surface area contributed by atoms with Gasteiger partial charge in [-0.05, 0) is 6.07 Å². The molecule has 1 aliphatic heterocycles. The Kier molecular flexibility index (Phi) is 4.15. The van der Waals surface area contributed by atoms with Gasteiger partial charge in [-0.2, -0.15) is 0 Å². The van der Waals surface area contributed by atoms with Gasteiger partial charge in [-0.3, -0.25) is 9.69 Å². The van der Waals surface area contributed by atoms with Gasteiger partial charge in [-0.15, -0.1) is 0 Å². The molecule has 0 unspecified atom stereocenters. The van der Waals surface area contributed by atoms with Gasteiger partial charge in [-0.1, -0.05) is 48.5 Å². The number of hydrogen-bond donors (Lipinski definition) is 1. The molecular formula is C20H18FN3O. The summed E-state index contributed by atoms with van der Waals surface area (Å²) in [6.45, 7) is 1.74. The van der Waals surface area contributed by atoms with Crippen LogP contribution in [0.2, 0.25) is 0 Å². The van der Waals surface area contributed by atoms with Gasteiger partial charge in [0.25, 0.3) is 5.56 Å². The van der Waals surface area contributed by atoms with Gasteiger partial charge in [0, 0.05) is 37.2 Å². The number of H-pyrrole nitrogens is 1. The second-order valence-electron chi connectivity index (χ2n) is 6.26. The summed E-state index contributed by atoms with van der Waals surface area (Å²) in [4.78, 5) is 22.1. The second-order valence-corrected chi connectivity index (χ2v) is 6.26. The van der Waals surface area contributed by atoms with Crippen LogP contribution in [0.5, 0.6) is 0 Å². The Hall–Kier alpha value is -2.79. The Bertz CT molecular complexity index is 953. The molecule has 5 heteroatoms. The Morgan fingerprint density at radius 1 is 1.08 bits per heavy atom. The molecule has 4 nitrogen and oxygen atoms in total. The van der Waals surface area contributed by atoms with Crippen molar-refractivity contribution in [1.82, 2.24) is 14.9 Å². The first-order chi connectivity index (χ1) is 12.2. The first-order valence-electron chi connectivity index (χ1n) is 8.34. The zero-order valence-corrected chi connectivity index (χ0v) is 13.7. The van der Waals surface area contributed by atoms with E-state index in [0.717, 1.165) is 17.8 Å². The van der Waals surface area contributed by atoms with E-state index >= 15 is 0 Å². The lowest BCUT2D eigenvalue weighted by atomic mass is 10.1. The SMILES string of the molecule is O=c1[nH]c(-c2ccccc2)nc2c1CN(Cc1ccccc1F)CC2. The lowest BCUT2D eigenvalue weighted by Gasteiger charge is -2.27. The van der Waals surface area contributed by atoms with Crippen molar-refractivity contribution in [2.75, 3.05) is 6.54 Å². The Balaban J connectivity index is 1.60. The highest BCUT2D eigenvalue weighted by atomic mass is 19.1. The highest BCUT2D eigenvalue weighted by Crippen LogP contribution is 2.20. The number of rotatable bonds is 3. The Morgan fingerprint density at radius 2 is 1.84 bits per heavy atom. The van der Waals surface area contributed by atoms with E-state index in [4.69, 9.17) is 0 Å². The maximum atomic E-state index is 13.9. The van der Waals surface area contributed by atoms with Crippen molar-refractivity contribution in [3.63, 3.8) is 0 Å². The third-order valence-corrected chi connectivity index (χ3v) is 4.55. The van der Waals surface area contributed by atoms with E-state index in [-0.39, 0.29) is 11.4 Å². The van der Waals surface area contributed by atoms with Gasteiger partial charge in [0.15, 0.2) is 0 Å². The van der Waals surface area contributed by atoms with Gasteiger partial charge in [0.2, 0.25) is 0 Å².